The Bertz CT molecular complexity index is 1070. The van der Waals surface area contributed by atoms with Crippen LogP contribution in [0.15, 0.2) is 41.3 Å². The third-order valence-electron chi connectivity index (χ3n) is 5.13. The summed E-state index contributed by atoms with van der Waals surface area (Å²) in [5, 5.41) is 2.08. The van der Waals surface area contributed by atoms with E-state index in [1.54, 1.807) is 18.2 Å². The van der Waals surface area contributed by atoms with Crippen molar-refractivity contribution in [2.45, 2.75) is 0 Å². The van der Waals surface area contributed by atoms with E-state index in [0.29, 0.717) is 31.6 Å². The lowest BCUT2D eigenvalue weighted by Gasteiger charge is -2.26. The Morgan fingerprint density at radius 3 is 2.66 bits per heavy atom. The maximum Gasteiger partial charge on any atom is 0.280 e. The highest BCUT2D eigenvalue weighted by Crippen LogP contribution is 2.36. The second-order valence-electron chi connectivity index (χ2n) is 7.23. The van der Waals surface area contributed by atoms with E-state index in [0.717, 1.165) is 66.3 Å². The van der Waals surface area contributed by atoms with Crippen LogP contribution in [0.4, 0.5) is 0 Å². The molecule has 6 nitrogen and oxygen atoms in total. The molecule has 0 aliphatic carbocycles. The van der Waals surface area contributed by atoms with Crippen LogP contribution in [0, 0.1) is 0 Å². The van der Waals surface area contributed by atoms with Gasteiger partial charge in [0.05, 0.1) is 18.1 Å². The highest BCUT2D eigenvalue weighted by Gasteiger charge is 2.30. The van der Waals surface area contributed by atoms with E-state index in [1.807, 2.05) is 24.3 Å². The molecule has 2 aliphatic rings. The van der Waals surface area contributed by atoms with Crippen LogP contribution in [0.3, 0.4) is 0 Å². The normalized spacial score (nSPS) is 18.6. The molecule has 0 spiro atoms. The molecule has 32 heavy (non-hydrogen) atoms. The Labute approximate surface area is 206 Å². The van der Waals surface area contributed by atoms with E-state index in [1.165, 1.54) is 0 Å². The molecule has 2 aromatic carbocycles. The Morgan fingerprint density at radius 1 is 1.19 bits per heavy atom. The van der Waals surface area contributed by atoms with E-state index in [9.17, 15) is 4.79 Å². The molecule has 0 radical (unpaired) electrons. The molecule has 0 saturated carbocycles. The van der Waals surface area contributed by atoms with Crippen molar-refractivity contribution in [2.75, 3.05) is 39.5 Å². The number of morpholine rings is 1. The molecular weight excluding hydrogens is 489 g/mol. The van der Waals surface area contributed by atoms with Crippen LogP contribution < -0.4 is 10.6 Å². The molecule has 10 heteroatoms. The molecule has 2 aliphatic heterocycles. The highest BCUT2D eigenvalue weighted by atomic mass is 35.5. The largest absolute Gasteiger partial charge is 0.492 e. The molecule has 2 heterocycles. The molecular formula is C22H21Cl2N3O3S2. The van der Waals surface area contributed by atoms with Crippen LogP contribution in [0.1, 0.15) is 5.56 Å². The predicted octanol–water partition coefficient (Wildman–Crippen LogP) is 4.45. The first-order valence-corrected chi connectivity index (χ1v) is 12.0. The summed E-state index contributed by atoms with van der Waals surface area (Å²) in [7, 11) is 0. The van der Waals surface area contributed by atoms with E-state index < -0.39 is 0 Å². The monoisotopic (exact) mass is 509 g/mol. The summed E-state index contributed by atoms with van der Waals surface area (Å²) in [6.45, 7) is 4.57. The van der Waals surface area contributed by atoms with Crippen LogP contribution in [-0.4, -0.2) is 59.6 Å². The second kappa shape index (κ2) is 10.5. The highest BCUT2D eigenvalue weighted by molar-refractivity contribution is 8.26. The summed E-state index contributed by atoms with van der Waals surface area (Å²) in [6, 6.07) is 11.1. The number of thiocarbonyl (C=S) groups is 1. The van der Waals surface area contributed by atoms with Crippen LogP contribution >= 0.6 is 47.2 Å². The summed E-state index contributed by atoms with van der Waals surface area (Å²) < 4.78 is 11.8. The minimum atomic E-state index is -0.339. The quantitative estimate of drug-likeness (QED) is 0.267. The van der Waals surface area contributed by atoms with Gasteiger partial charge in [-0.2, -0.15) is 0 Å². The molecule has 168 valence electrons. The molecule has 4 rings (SSSR count). The van der Waals surface area contributed by atoms with Crippen molar-refractivity contribution in [3.63, 3.8) is 0 Å². The third-order valence-corrected chi connectivity index (χ3v) is 7.01. The number of ether oxygens (including phenoxy) is 2. The van der Waals surface area contributed by atoms with Gasteiger partial charge in [-0.1, -0.05) is 59.3 Å². The smallest absolute Gasteiger partial charge is 0.280 e. The van der Waals surface area contributed by atoms with Gasteiger partial charge in [-0.25, -0.2) is 10.9 Å². The van der Waals surface area contributed by atoms with E-state index in [2.05, 4.69) is 4.90 Å². The number of halogens is 2. The first-order chi connectivity index (χ1) is 15.4. The number of hydrazine groups is 1. The average molecular weight is 510 g/mol. The maximum atomic E-state index is 12.4. The third kappa shape index (κ3) is 5.46. The summed E-state index contributed by atoms with van der Waals surface area (Å²) in [6.07, 6.45) is 1.75. The molecule has 0 atom stereocenters. The Balaban J connectivity index is 1.62. The lowest BCUT2D eigenvalue weighted by atomic mass is 10.0. The van der Waals surface area contributed by atoms with E-state index >= 15 is 0 Å². The van der Waals surface area contributed by atoms with Crippen LogP contribution in [0.2, 0.25) is 10.0 Å². The van der Waals surface area contributed by atoms with Gasteiger partial charge in [0, 0.05) is 40.8 Å². The van der Waals surface area contributed by atoms with Crippen molar-refractivity contribution >= 4 is 63.5 Å². The van der Waals surface area contributed by atoms with Crippen molar-refractivity contribution in [3.8, 4) is 16.9 Å². The standard InChI is InChI=1S/C22H21Cl2N3O3S2/c23-16-2-3-17(18(24)13-16)14-1-4-19(30-10-7-26-5-8-29-9-6-26)15(11-14)12-20-21(28)27(25)22(31)32-20/h1-4,11-13H,5-10,25H2. The summed E-state index contributed by atoms with van der Waals surface area (Å²) in [5.41, 5.74) is 2.45. The number of thioether (sulfide) groups is 1. The van der Waals surface area contributed by atoms with Crippen molar-refractivity contribution < 1.29 is 14.3 Å². The van der Waals surface area contributed by atoms with Gasteiger partial charge in [0.2, 0.25) is 0 Å². The summed E-state index contributed by atoms with van der Waals surface area (Å²) in [4.78, 5) is 15.2. The van der Waals surface area contributed by atoms with Gasteiger partial charge in [-0.3, -0.25) is 9.69 Å². The van der Waals surface area contributed by atoms with Gasteiger partial charge in [0.1, 0.15) is 12.4 Å². The fourth-order valence-corrected chi connectivity index (χ4v) is 5.03. The summed E-state index contributed by atoms with van der Waals surface area (Å²) in [5.74, 6) is 6.05. The van der Waals surface area contributed by atoms with Crippen LogP contribution in [-0.2, 0) is 9.53 Å². The Morgan fingerprint density at radius 2 is 1.97 bits per heavy atom. The SMILES string of the molecule is NN1C(=O)C(=Cc2cc(-c3ccc(Cl)cc3Cl)ccc2OCCN2CCOCC2)SC1=S. The number of benzene rings is 2. The van der Waals surface area contributed by atoms with E-state index in [4.69, 9.17) is 50.7 Å². The fraction of sp³-hybridized carbons (Fsp3) is 0.273. The second-order valence-corrected chi connectivity index (χ2v) is 9.75. The Kier molecular flexibility index (Phi) is 7.73. The first-order valence-electron chi connectivity index (χ1n) is 9.97. The minimum absolute atomic E-state index is 0.313. The van der Waals surface area contributed by atoms with Gasteiger partial charge in [0.25, 0.3) is 5.91 Å². The van der Waals surface area contributed by atoms with E-state index in [-0.39, 0.29) is 5.91 Å². The summed E-state index contributed by atoms with van der Waals surface area (Å²) >= 11 is 18.8. The molecule has 2 saturated heterocycles. The topological polar surface area (TPSA) is 68.0 Å². The number of carbonyl (C=O) groups is 1. The van der Waals surface area contributed by atoms with Gasteiger partial charge in [-0.05, 0) is 35.9 Å². The average Bonchev–Trinajstić information content (AvgIpc) is 3.02. The number of nitrogens with two attached hydrogens (primary N) is 1. The first kappa shape index (κ1) is 23.5. The maximum absolute atomic E-state index is 12.4. The number of carbonyl (C=O) groups excluding carboxylic acids is 1. The number of hydrogen-bond donors (Lipinski definition) is 1. The van der Waals surface area contributed by atoms with Crippen molar-refractivity contribution in [2.24, 2.45) is 5.84 Å². The molecule has 2 N–H and O–H groups in total. The van der Waals surface area contributed by atoms with Crippen molar-refractivity contribution in [3.05, 3.63) is 56.9 Å². The van der Waals surface area contributed by atoms with Gasteiger partial charge in [-0.15, -0.1) is 0 Å². The predicted molar refractivity (Wildman–Crippen MR) is 134 cm³/mol. The number of rotatable bonds is 6. The zero-order valence-electron chi connectivity index (χ0n) is 17.1. The van der Waals surface area contributed by atoms with Crippen LogP contribution in [0.25, 0.3) is 17.2 Å². The van der Waals surface area contributed by atoms with Crippen molar-refractivity contribution in [1.29, 1.82) is 0 Å². The van der Waals surface area contributed by atoms with Crippen LogP contribution in [0.5, 0.6) is 5.75 Å². The van der Waals surface area contributed by atoms with Gasteiger partial charge >= 0.3 is 0 Å². The van der Waals surface area contributed by atoms with Crippen molar-refractivity contribution in [1.82, 2.24) is 9.91 Å². The molecule has 2 fully saturated rings. The lowest BCUT2D eigenvalue weighted by Crippen LogP contribution is -2.38. The molecule has 0 unspecified atom stereocenters. The lowest BCUT2D eigenvalue weighted by molar-refractivity contribution is -0.122. The fourth-order valence-electron chi connectivity index (χ4n) is 3.41. The zero-order chi connectivity index (χ0) is 22.7. The minimum Gasteiger partial charge on any atom is -0.492 e. The molecule has 0 aromatic heterocycles. The number of amides is 1. The molecule has 0 bridgehead atoms. The number of hydrogen-bond acceptors (Lipinski definition) is 7. The molecule has 1 amide bonds. The Hall–Kier alpha value is -1.65. The molecule has 2 aromatic rings. The number of nitrogens with zero attached hydrogens (tertiary/aromatic N) is 2. The van der Waals surface area contributed by atoms with Gasteiger partial charge in [0.15, 0.2) is 4.32 Å². The zero-order valence-corrected chi connectivity index (χ0v) is 20.2. The van der Waals surface area contributed by atoms with Gasteiger partial charge < -0.3 is 9.47 Å².